The zero-order valence-electron chi connectivity index (χ0n) is 16.9. The van der Waals surface area contributed by atoms with E-state index in [4.69, 9.17) is 0 Å². The fourth-order valence-corrected chi connectivity index (χ4v) is 6.30. The Balaban J connectivity index is 1.98. The number of benzene rings is 1. The van der Waals surface area contributed by atoms with E-state index in [-0.39, 0.29) is 28.6 Å². The summed E-state index contributed by atoms with van der Waals surface area (Å²) in [6, 6.07) is 6.19. The van der Waals surface area contributed by atoms with E-state index in [0.717, 1.165) is 22.2 Å². The number of alkyl halides is 3. The molecule has 0 fully saturated rings. The van der Waals surface area contributed by atoms with Crippen molar-refractivity contribution in [1.29, 1.82) is 0 Å². The summed E-state index contributed by atoms with van der Waals surface area (Å²) in [6.45, 7) is 5.32. The zero-order valence-corrected chi connectivity index (χ0v) is 19.4. The average molecular weight is 492 g/mol. The van der Waals surface area contributed by atoms with Crippen LogP contribution in [0.15, 0.2) is 38.2 Å². The third-order valence-electron chi connectivity index (χ3n) is 4.53. The van der Waals surface area contributed by atoms with Gasteiger partial charge in [-0.2, -0.15) is 18.2 Å². The molecule has 31 heavy (non-hydrogen) atoms. The lowest BCUT2D eigenvalue weighted by Gasteiger charge is -2.16. The van der Waals surface area contributed by atoms with Gasteiger partial charge in [0.05, 0.1) is 9.10 Å². The van der Waals surface area contributed by atoms with Crippen molar-refractivity contribution >= 4 is 38.9 Å². The molecule has 0 unspecified atom stereocenters. The van der Waals surface area contributed by atoms with Crippen LogP contribution in [0.3, 0.4) is 0 Å². The van der Waals surface area contributed by atoms with Crippen LogP contribution in [0.5, 0.6) is 0 Å². The number of rotatable bonds is 7. The molecule has 3 rings (SSSR count). The molecule has 0 aliphatic carbocycles. The van der Waals surface area contributed by atoms with E-state index in [1.54, 1.807) is 26.0 Å². The second-order valence-electron chi connectivity index (χ2n) is 6.94. The number of fused-ring (bicyclic) bond motifs is 1. The minimum atomic E-state index is -4.24. The van der Waals surface area contributed by atoms with E-state index in [0.29, 0.717) is 9.90 Å². The van der Waals surface area contributed by atoms with Crippen LogP contribution in [0, 0.1) is 20.8 Å². The summed E-state index contributed by atoms with van der Waals surface area (Å²) in [5.41, 5.74) is 1.09. The van der Waals surface area contributed by atoms with Crippen molar-refractivity contribution < 1.29 is 21.6 Å². The quantitative estimate of drug-likeness (QED) is 0.376. The van der Waals surface area contributed by atoms with Crippen LogP contribution in [0.25, 0.3) is 5.69 Å². The molecule has 1 aromatic rings. The first-order valence-electron chi connectivity index (χ1n) is 9.21. The first kappa shape index (κ1) is 23.6. The molecule has 6 nitrogen and oxygen atoms in total. The Hall–Kier alpha value is -2.05. The summed E-state index contributed by atoms with van der Waals surface area (Å²) in [4.78, 5) is 17.2. The van der Waals surface area contributed by atoms with Gasteiger partial charge in [-0.25, -0.2) is 13.2 Å². The van der Waals surface area contributed by atoms with Gasteiger partial charge in [0.2, 0.25) is 0 Å². The second-order valence-corrected chi connectivity index (χ2v) is 11.2. The molecule has 168 valence electrons. The molecule has 0 saturated heterocycles. The van der Waals surface area contributed by atoms with E-state index in [1.165, 1.54) is 28.0 Å². The summed E-state index contributed by atoms with van der Waals surface area (Å²) in [5.74, 6) is 0.0285. The molecular weight excluding hydrogens is 471 g/mol. The van der Waals surface area contributed by atoms with Crippen molar-refractivity contribution in [2.24, 2.45) is 0 Å². The molecule has 0 aromatic heterocycles. The van der Waals surface area contributed by atoms with Crippen LogP contribution >= 0.6 is 23.1 Å². The van der Waals surface area contributed by atoms with Gasteiger partial charge in [-0.3, -0.25) is 9.29 Å². The molecule has 2 aliphatic heterocycles. The lowest BCUT2D eigenvalue weighted by molar-refractivity contribution is -0.134. The standard InChI is InChI=1S/C19H20F3N3O3S3/c1-11-5-7-14(8-6-11)31(27,28)24-16-15-17(29-10-4-9-19(20,21)22)30-13(3)12(2)25(15)18(26)23-16/h5-8H,4,9-10H2,1-3H3,(H,23,24,26). The Bertz CT molecular complexity index is 1220. The topological polar surface area (TPSA) is 81.1 Å². The number of nitrogens with zero attached hydrogens (tertiary/aromatic N) is 2. The molecule has 1 N–H and O–H groups in total. The van der Waals surface area contributed by atoms with Crippen molar-refractivity contribution in [3.05, 3.63) is 50.9 Å². The molecule has 0 atom stereocenters. The predicted molar refractivity (Wildman–Crippen MR) is 116 cm³/mol. The van der Waals surface area contributed by atoms with E-state index in [9.17, 15) is 26.4 Å². The number of hydrogen-bond donors (Lipinski definition) is 1. The first-order valence-corrected chi connectivity index (χ1v) is 12.5. The number of hydrogen-bond acceptors (Lipinski definition) is 6. The summed E-state index contributed by atoms with van der Waals surface area (Å²) >= 11 is 2.44. The van der Waals surface area contributed by atoms with Gasteiger partial charge in [0.25, 0.3) is 10.0 Å². The van der Waals surface area contributed by atoms with Crippen molar-refractivity contribution in [2.45, 2.75) is 48.9 Å². The molecule has 12 heteroatoms. The maximum Gasteiger partial charge on any atom is 0.389 e. The van der Waals surface area contributed by atoms with E-state index in [2.05, 4.69) is 9.71 Å². The van der Waals surface area contributed by atoms with E-state index < -0.39 is 28.3 Å². The van der Waals surface area contributed by atoms with Gasteiger partial charge >= 0.3 is 11.9 Å². The highest BCUT2D eigenvalue weighted by Gasteiger charge is 2.28. The molecule has 0 bridgehead atoms. The van der Waals surface area contributed by atoms with Crippen LogP contribution in [0.1, 0.15) is 29.0 Å². The SMILES string of the molecule is Cc1ccc(S(=O)(=O)Nc2nc(=O)n3c(C)c(C)sc(SCCCC(F)(F)F)c2-3)cc1. The fourth-order valence-electron chi connectivity index (χ4n) is 2.83. The van der Waals surface area contributed by atoms with Gasteiger partial charge in [0.1, 0.15) is 5.69 Å². The maximum atomic E-state index is 12.8. The van der Waals surface area contributed by atoms with Crippen molar-refractivity contribution in [3.63, 3.8) is 0 Å². The zero-order chi connectivity index (χ0) is 23.0. The normalized spacial score (nSPS) is 12.5. The Kier molecular flexibility index (Phi) is 6.72. The Morgan fingerprint density at radius 3 is 2.42 bits per heavy atom. The number of aryl methyl sites for hydroxylation is 2. The monoisotopic (exact) mass is 491 g/mol. The van der Waals surface area contributed by atoms with Gasteiger partial charge in [-0.15, -0.1) is 23.1 Å². The number of aromatic nitrogens is 2. The number of sulfonamides is 1. The molecule has 2 heterocycles. The lowest BCUT2D eigenvalue weighted by atomic mass is 10.2. The fraction of sp³-hybridized carbons (Fsp3) is 0.368. The largest absolute Gasteiger partial charge is 0.389 e. The lowest BCUT2D eigenvalue weighted by Crippen LogP contribution is -2.17. The van der Waals surface area contributed by atoms with Gasteiger partial charge in [0, 0.05) is 17.0 Å². The smallest absolute Gasteiger partial charge is 0.261 e. The molecular formula is C19H20F3N3O3S3. The van der Waals surface area contributed by atoms with Gasteiger partial charge in [-0.05, 0) is 45.1 Å². The van der Waals surface area contributed by atoms with Crippen LogP contribution in [-0.2, 0) is 10.0 Å². The highest BCUT2D eigenvalue weighted by molar-refractivity contribution is 8.01. The summed E-state index contributed by atoms with van der Waals surface area (Å²) in [5, 5.41) is 0. The average Bonchev–Trinajstić information content (AvgIpc) is 2.97. The highest BCUT2D eigenvalue weighted by atomic mass is 32.2. The third-order valence-corrected chi connectivity index (χ3v) is 8.42. The highest BCUT2D eigenvalue weighted by Crippen LogP contribution is 2.39. The van der Waals surface area contributed by atoms with E-state index >= 15 is 0 Å². The number of nitrogens with one attached hydrogen (secondary N) is 1. The number of imidazole rings is 1. The second kappa shape index (κ2) is 8.83. The van der Waals surface area contributed by atoms with E-state index in [1.807, 2.05) is 6.92 Å². The number of halogens is 3. The third kappa shape index (κ3) is 5.42. The Labute approximate surface area is 185 Å². The summed E-state index contributed by atoms with van der Waals surface area (Å²) in [6.07, 6.45) is -5.25. The molecule has 1 aromatic carbocycles. The Morgan fingerprint density at radius 1 is 1.16 bits per heavy atom. The van der Waals surface area contributed by atoms with Gasteiger partial charge in [-0.1, -0.05) is 17.7 Å². The van der Waals surface area contributed by atoms with Crippen LogP contribution in [0.4, 0.5) is 19.0 Å². The van der Waals surface area contributed by atoms with Crippen molar-refractivity contribution in [3.8, 4) is 5.69 Å². The predicted octanol–water partition coefficient (Wildman–Crippen LogP) is 4.89. The van der Waals surface area contributed by atoms with Crippen LogP contribution < -0.4 is 10.4 Å². The maximum absolute atomic E-state index is 12.8. The first-order chi connectivity index (χ1) is 14.4. The van der Waals surface area contributed by atoms with Crippen LogP contribution in [-0.4, -0.2) is 29.9 Å². The van der Waals surface area contributed by atoms with Crippen LogP contribution in [0.2, 0.25) is 0 Å². The molecule has 0 radical (unpaired) electrons. The van der Waals surface area contributed by atoms with Gasteiger partial charge < -0.3 is 0 Å². The molecule has 0 amide bonds. The number of anilines is 1. The minimum absolute atomic E-state index is 0.0126. The van der Waals surface area contributed by atoms with Gasteiger partial charge in [0.15, 0.2) is 5.82 Å². The minimum Gasteiger partial charge on any atom is -0.261 e. The molecule has 0 spiro atoms. The molecule has 0 saturated carbocycles. The summed E-state index contributed by atoms with van der Waals surface area (Å²) in [7, 11) is -4.01. The number of thioether (sulfide) groups is 1. The van der Waals surface area contributed by atoms with Crippen molar-refractivity contribution in [2.75, 3.05) is 10.5 Å². The molecule has 2 aliphatic rings. The van der Waals surface area contributed by atoms with Crippen molar-refractivity contribution in [1.82, 2.24) is 9.55 Å². The summed E-state index contributed by atoms with van der Waals surface area (Å²) < 4.78 is 67.2. The Morgan fingerprint density at radius 2 is 1.81 bits per heavy atom.